The van der Waals surface area contributed by atoms with E-state index in [1.165, 1.54) is 7.11 Å². The Hall–Kier alpha value is -4.26. The van der Waals surface area contributed by atoms with Crippen LogP contribution >= 0.6 is 0 Å². The number of ether oxygens (including phenoxy) is 2. The Morgan fingerprint density at radius 2 is 1.69 bits per heavy atom. The number of H-pyrrole nitrogens is 1. The molecule has 3 aromatic carbocycles. The molecule has 0 aliphatic carbocycles. The molecule has 4 rings (SSSR count). The first-order valence-corrected chi connectivity index (χ1v) is 10.0. The van der Waals surface area contributed by atoms with Gasteiger partial charge in [0.05, 0.1) is 19.9 Å². The van der Waals surface area contributed by atoms with Crippen LogP contribution in [-0.2, 0) is 0 Å². The largest absolute Gasteiger partial charge is 0.497 e. The Kier molecular flexibility index (Phi) is 5.81. The molecule has 2 amide bonds. The summed E-state index contributed by atoms with van der Waals surface area (Å²) in [5, 5.41) is 6.61. The van der Waals surface area contributed by atoms with Gasteiger partial charge in [0.15, 0.2) is 0 Å². The summed E-state index contributed by atoms with van der Waals surface area (Å²) in [6, 6.07) is 19.7. The Bertz CT molecular complexity index is 1310. The van der Waals surface area contributed by atoms with Crippen LogP contribution in [0.2, 0.25) is 0 Å². The number of carbonyl (C=O) groups is 2. The van der Waals surface area contributed by atoms with E-state index in [4.69, 9.17) is 9.47 Å². The van der Waals surface area contributed by atoms with Gasteiger partial charge in [-0.15, -0.1) is 0 Å². The molecule has 7 heteroatoms. The summed E-state index contributed by atoms with van der Waals surface area (Å²) in [5.74, 6) is 0.624. The predicted octanol–water partition coefficient (Wildman–Crippen LogP) is 5.00. The first kappa shape index (κ1) is 21.0. The Balaban J connectivity index is 1.55. The molecule has 0 saturated heterocycles. The molecule has 3 N–H and O–H groups in total. The fourth-order valence-electron chi connectivity index (χ4n) is 3.42. The molecule has 0 atom stereocenters. The van der Waals surface area contributed by atoms with Crippen molar-refractivity contribution in [1.82, 2.24) is 4.98 Å². The van der Waals surface area contributed by atoms with E-state index in [9.17, 15) is 9.59 Å². The van der Waals surface area contributed by atoms with Crippen molar-refractivity contribution in [3.63, 3.8) is 0 Å². The van der Waals surface area contributed by atoms with Gasteiger partial charge in [-0.1, -0.05) is 17.7 Å². The summed E-state index contributed by atoms with van der Waals surface area (Å²) in [4.78, 5) is 28.6. The standard InChI is InChI=1S/C25H23N3O4/c1-15-5-4-6-17(11-15)24(29)28-21-13-18(8-10-23(21)32-3)26-25(30)22-12-16-7-9-19(31-2)14-20(16)27-22/h4-14,27H,1-3H3,(H,26,30)(H,28,29). The Labute approximate surface area is 185 Å². The van der Waals surface area contributed by atoms with E-state index >= 15 is 0 Å². The first-order valence-electron chi connectivity index (χ1n) is 10.0. The number of methoxy groups -OCH3 is 2. The summed E-state index contributed by atoms with van der Waals surface area (Å²) >= 11 is 0. The van der Waals surface area contributed by atoms with Crippen LogP contribution in [0.25, 0.3) is 10.9 Å². The first-order chi connectivity index (χ1) is 15.5. The Morgan fingerprint density at radius 1 is 0.844 bits per heavy atom. The maximum absolute atomic E-state index is 12.8. The average molecular weight is 429 g/mol. The number of rotatable bonds is 6. The minimum atomic E-state index is -0.304. The van der Waals surface area contributed by atoms with E-state index in [1.807, 2.05) is 37.3 Å². The van der Waals surface area contributed by atoms with Gasteiger partial charge >= 0.3 is 0 Å². The van der Waals surface area contributed by atoms with E-state index in [0.29, 0.717) is 34.1 Å². The number of anilines is 2. The number of fused-ring (bicyclic) bond motifs is 1. The van der Waals surface area contributed by atoms with Crippen molar-refractivity contribution >= 4 is 34.1 Å². The number of amides is 2. The van der Waals surface area contributed by atoms with Crippen LogP contribution in [0.3, 0.4) is 0 Å². The smallest absolute Gasteiger partial charge is 0.272 e. The van der Waals surface area contributed by atoms with Gasteiger partial charge in [-0.3, -0.25) is 9.59 Å². The third-order valence-electron chi connectivity index (χ3n) is 5.06. The van der Waals surface area contributed by atoms with Crippen LogP contribution in [0, 0.1) is 6.92 Å². The van der Waals surface area contributed by atoms with E-state index in [1.54, 1.807) is 43.5 Å². The van der Waals surface area contributed by atoms with Gasteiger partial charge < -0.3 is 25.1 Å². The molecule has 0 bridgehead atoms. The van der Waals surface area contributed by atoms with Crippen molar-refractivity contribution in [1.29, 1.82) is 0 Å². The van der Waals surface area contributed by atoms with Crippen LogP contribution in [0.15, 0.2) is 66.7 Å². The summed E-state index contributed by atoms with van der Waals surface area (Å²) in [7, 11) is 3.12. The molecule has 162 valence electrons. The number of hydrogen-bond acceptors (Lipinski definition) is 4. The molecular formula is C25H23N3O4. The second-order valence-corrected chi connectivity index (χ2v) is 7.33. The third kappa shape index (κ3) is 4.41. The average Bonchev–Trinajstić information content (AvgIpc) is 3.23. The van der Waals surface area contributed by atoms with Crippen LogP contribution in [-0.4, -0.2) is 31.0 Å². The molecule has 0 spiro atoms. The topological polar surface area (TPSA) is 92.4 Å². The number of benzene rings is 3. The van der Waals surface area contributed by atoms with Gasteiger partial charge in [-0.25, -0.2) is 0 Å². The molecule has 0 saturated carbocycles. The van der Waals surface area contributed by atoms with Gasteiger partial charge in [0.1, 0.15) is 17.2 Å². The van der Waals surface area contributed by atoms with Crippen LogP contribution < -0.4 is 20.1 Å². The normalized spacial score (nSPS) is 10.6. The summed E-state index contributed by atoms with van der Waals surface area (Å²) < 4.78 is 10.6. The lowest BCUT2D eigenvalue weighted by Gasteiger charge is -2.13. The van der Waals surface area contributed by atoms with Crippen molar-refractivity contribution < 1.29 is 19.1 Å². The summed E-state index contributed by atoms with van der Waals surface area (Å²) in [6.07, 6.45) is 0. The summed E-state index contributed by atoms with van der Waals surface area (Å²) in [5.41, 5.74) is 3.71. The molecule has 0 radical (unpaired) electrons. The van der Waals surface area contributed by atoms with E-state index in [-0.39, 0.29) is 11.8 Å². The van der Waals surface area contributed by atoms with Crippen molar-refractivity contribution in [2.75, 3.05) is 24.9 Å². The SMILES string of the molecule is COc1ccc2cc(C(=O)Nc3ccc(OC)c(NC(=O)c4cccc(C)c4)c3)[nH]c2c1. The highest BCUT2D eigenvalue weighted by Crippen LogP contribution is 2.29. The third-order valence-corrected chi connectivity index (χ3v) is 5.06. The van der Waals surface area contributed by atoms with Crippen molar-refractivity contribution in [2.24, 2.45) is 0 Å². The van der Waals surface area contributed by atoms with Gasteiger partial charge in [0.25, 0.3) is 11.8 Å². The van der Waals surface area contributed by atoms with Crippen LogP contribution in [0.4, 0.5) is 11.4 Å². The second kappa shape index (κ2) is 8.85. The highest BCUT2D eigenvalue weighted by molar-refractivity contribution is 6.08. The number of hydrogen-bond donors (Lipinski definition) is 3. The van der Waals surface area contributed by atoms with Gasteiger partial charge in [0, 0.05) is 28.2 Å². The molecule has 0 unspecified atom stereocenters. The van der Waals surface area contributed by atoms with E-state index in [0.717, 1.165) is 16.5 Å². The molecule has 0 aliphatic heterocycles. The lowest BCUT2D eigenvalue weighted by Crippen LogP contribution is -2.15. The molecule has 4 aromatic rings. The lowest BCUT2D eigenvalue weighted by atomic mass is 10.1. The molecule has 1 aromatic heterocycles. The van der Waals surface area contributed by atoms with Gasteiger partial charge in [0.2, 0.25) is 0 Å². The minimum Gasteiger partial charge on any atom is -0.497 e. The molecular weight excluding hydrogens is 406 g/mol. The quantitative estimate of drug-likeness (QED) is 0.402. The molecule has 0 fully saturated rings. The molecule has 0 aliphatic rings. The molecule has 1 heterocycles. The van der Waals surface area contributed by atoms with Gasteiger partial charge in [-0.2, -0.15) is 0 Å². The highest BCUT2D eigenvalue weighted by Gasteiger charge is 2.14. The zero-order valence-corrected chi connectivity index (χ0v) is 18.0. The molecule has 32 heavy (non-hydrogen) atoms. The van der Waals surface area contributed by atoms with Crippen molar-refractivity contribution in [3.05, 3.63) is 83.6 Å². The Morgan fingerprint density at radius 3 is 2.44 bits per heavy atom. The number of carbonyl (C=O) groups excluding carboxylic acids is 2. The fourth-order valence-corrected chi connectivity index (χ4v) is 3.42. The van der Waals surface area contributed by atoms with Gasteiger partial charge in [-0.05, 0) is 55.5 Å². The lowest BCUT2D eigenvalue weighted by molar-refractivity contribution is 0.101. The minimum absolute atomic E-state index is 0.264. The van der Waals surface area contributed by atoms with Crippen molar-refractivity contribution in [3.8, 4) is 11.5 Å². The van der Waals surface area contributed by atoms with Crippen molar-refractivity contribution in [2.45, 2.75) is 6.92 Å². The summed E-state index contributed by atoms with van der Waals surface area (Å²) in [6.45, 7) is 1.92. The number of aryl methyl sites for hydroxylation is 1. The maximum Gasteiger partial charge on any atom is 0.272 e. The molecule has 7 nitrogen and oxygen atoms in total. The van der Waals surface area contributed by atoms with Crippen LogP contribution in [0.1, 0.15) is 26.4 Å². The zero-order chi connectivity index (χ0) is 22.7. The van der Waals surface area contributed by atoms with E-state index < -0.39 is 0 Å². The number of aromatic amines is 1. The van der Waals surface area contributed by atoms with Crippen LogP contribution in [0.5, 0.6) is 11.5 Å². The number of nitrogens with one attached hydrogen (secondary N) is 3. The highest BCUT2D eigenvalue weighted by atomic mass is 16.5. The fraction of sp³-hybridized carbons (Fsp3) is 0.120. The number of aromatic nitrogens is 1. The predicted molar refractivity (Wildman–Crippen MR) is 125 cm³/mol. The second-order valence-electron chi connectivity index (χ2n) is 7.33. The van der Waals surface area contributed by atoms with E-state index in [2.05, 4.69) is 15.6 Å². The maximum atomic E-state index is 12.8. The zero-order valence-electron chi connectivity index (χ0n) is 18.0. The monoisotopic (exact) mass is 429 g/mol.